The number of esters is 1. The first kappa shape index (κ1) is 13.4. The fourth-order valence-corrected chi connectivity index (χ4v) is 1.16. The van der Waals surface area contributed by atoms with Gasteiger partial charge in [0.2, 0.25) is 0 Å². The molecule has 1 aromatic carbocycles. The standard InChI is InChI=1S/C13H14F2O2/c1-2-3-8-17-13(16)7-5-10-4-6-11(14)9-12(10)15/h4-7,9H,2-3,8H2,1H3/b7-5+. The molecule has 0 spiro atoms. The van der Waals surface area contributed by atoms with Crippen LogP contribution in [0.15, 0.2) is 24.3 Å². The molecule has 0 heterocycles. The third-order valence-corrected chi connectivity index (χ3v) is 2.10. The molecule has 0 radical (unpaired) electrons. The lowest BCUT2D eigenvalue weighted by molar-refractivity contribution is -0.137. The van der Waals surface area contributed by atoms with Crippen molar-refractivity contribution in [2.45, 2.75) is 19.8 Å². The first-order chi connectivity index (χ1) is 8.13. The number of rotatable bonds is 5. The summed E-state index contributed by atoms with van der Waals surface area (Å²) in [6.07, 6.45) is 4.13. The SMILES string of the molecule is CCCCOC(=O)/C=C/c1ccc(F)cc1F. The average molecular weight is 240 g/mol. The number of halogens is 2. The number of hydrogen-bond acceptors (Lipinski definition) is 2. The Morgan fingerprint density at radius 2 is 2.18 bits per heavy atom. The molecule has 0 N–H and O–H groups in total. The van der Waals surface area contributed by atoms with Gasteiger partial charge in [-0.05, 0) is 24.6 Å². The summed E-state index contributed by atoms with van der Waals surface area (Å²) in [6.45, 7) is 2.34. The van der Waals surface area contributed by atoms with E-state index in [-0.39, 0.29) is 5.56 Å². The molecule has 2 nitrogen and oxygen atoms in total. The van der Waals surface area contributed by atoms with Crippen LogP contribution in [0.2, 0.25) is 0 Å². The molecule has 0 aliphatic rings. The topological polar surface area (TPSA) is 26.3 Å². The van der Waals surface area contributed by atoms with Crippen LogP contribution in [0.3, 0.4) is 0 Å². The van der Waals surface area contributed by atoms with Crippen LogP contribution in [0.1, 0.15) is 25.3 Å². The van der Waals surface area contributed by atoms with Gasteiger partial charge in [0.15, 0.2) is 0 Å². The van der Waals surface area contributed by atoms with Crippen molar-refractivity contribution in [1.29, 1.82) is 0 Å². The molecule has 0 atom stereocenters. The van der Waals surface area contributed by atoms with Gasteiger partial charge in [-0.15, -0.1) is 0 Å². The van der Waals surface area contributed by atoms with Gasteiger partial charge in [-0.1, -0.05) is 13.3 Å². The molecule has 0 saturated heterocycles. The van der Waals surface area contributed by atoms with Gasteiger partial charge < -0.3 is 4.74 Å². The van der Waals surface area contributed by atoms with Gasteiger partial charge in [0.05, 0.1) is 6.61 Å². The second-order valence-corrected chi connectivity index (χ2v) is 3.52. The zero-order valence-electron chi connectivity index (χ0n) is 9.58. The highest BCUT2D eigenvalue weighted by atomic mass is 19.1. The summed E-state index contributed by atoms with van der Waals surface area (Å²) in [5, 5.41) is 0. The Balaban J connectivity index is 2.55. The normalized spacial score (nSPS) is 10.8. The highest BCUT2D eigenvalue weighted by Crippen LogP contribution is 2.11. The summed E-state index contributed by atoms with van der Waals surface area (Å²) in [6, 6.07) is 3.16. The van der Waals surface area contributed by atoms with Crippen LogP contribution in [0.4, 0.5) is 8.78 Å². The van der Waals surface area contributed by atoms with Crippen LogP contribution in [0.25, 0.3) is 6.08 Å². The summed E-state index contributed by atoms with van der Waals surface area (Å²) in [7, 11) is 0. The number of unbranched alkanes of at least 4 members (excludes halogenated alkanes) is 1. The van der Waals surface area contributed by atoms with Gasteiger partial charge in [-0.3, -0.25) is 0 Å². The van der Waals surface area contributed by atoms with E-state index in [1.807, 2.05) is 6.92 Å². The number of benzene rings is 1. The zero-order chi connectivity index (χ0) is 12.7. The van der Waals surface area contributed by atoms with E-state index >= 15 is 0 Å². The molecule has 17 heavy (non-hydrogen) atoms. The van der Waals surface area contributed by atoms with Crippen molar-refractivity contribution in [1.82, 2.24) is 0 Å². The molecule has 92 valence electrons. The number of carbonyl (C=O) groups excluding carboxylic acids is 1. The van der Waals surface area contributed by atoms with E-state index in [0.29, 0.717) is 6.61 Å². The Morgan fingerprint density at radius 3 is 2.82 bits per heavy atom. The smallest absolute Gasteiger partial charge is 0.330 e. The monoisotopic (exact) mass is 240 g/mol. The van der Waals surface area contributed by atoms with Crippen LogP contribution in [0.5, 0.6) is 0 Å². The van der Waals surface area contributed by atoms with Gasteiger partial charge in [0.1, 0.15) is 11.6 Å². The van der Waals surface area contributed by atoms with Gasteiger partial charge >= 0.3 is 5.97 Å². The fourth-order valence-electron chi connectivity index (χ4n) is 1.16. The van der Waals surface area contributed by atoms with Crippen molar-refractivity contribution >= 4 is 12.0 Å². The Morgan fingerprint density at radius 1 is 1.41 bits per heavy atom. The van der Waals surface area contributed by atoms with Crippen molar-refractivity contribution in [2.75, 3.05) is 6.61 Å². The summed E-state index contributed by atoms with van der Waals surface area (Å²) >= 11 is 0. The highest BCUT2D eigenvalue weighted by Gasteiger charge is 2.01. The van der Waals surface area contributed by atoms with E-state index in [9.17, 15) is 13.6 Å². The van der Waals surface area contributed by atoms with E-state index < -0.39 is 17.6 Å². The van der Waals surface area contributed by atoms with Crippen molar-refractivity contribution in [2.24, 2.45) is 0 Å². The molecule has 0 aliphatic carbocycles. The molecule has 1 rings (SSSR count). The molecule has 0 aromatic heterocycles. The van der Waals surface area contributed by atoms with E-state index in [0.717, 1.165) is 31.1 Å². The maximum Gasteiger partial charge on any atom is 0.330 e. The Kier molecular flexibility index (Phi) is 5.33. The molecule has 1 aromatic rings. The van der Waals surface area contributed by atoms with E-state index in [1.54, 1.807) is 0 Å². The first-order valence-corrected chi connectivity index (χ1v) is 5.43. The van der Waals surface area contributed by atoms with Gasteiger partial charge in [-0.2, -0.15) is 0 Å². The van der Waals surface area contributed by atoms with Gasteiger partial charge in [0, 0.05) is 17.7 Å². The quantitative estimate of drug-likeness (QED) is 0.448. The number of hydrogen-bond donors (Lipinski definition) is 0. The molecule has 0 bridgehead atoms. The van der Waals surface area contributed by atoms with Crippen LogP contribution in [-0.4, -0.2) is 12.6 Å². The second-order valence-electron chi connectivity index (χ2n) is 3.52. The van der Waals surface area contributed by atoms with Crippen molar-refractivity contribution in [3.8, 4) is 0 Å². The minimum absolute atomic E-state index is 0.152. The van der Waals surface area contributed by atoms with Crippen molar-refractivity contribution in [3.05, 3.63) is 41.5 Å². The molecular weight excluding hydrogens is 226 g/mol. The second kappa shape index (κ2) is 6.78. The minimum Gasteiger partial charge on any atom is -0.463 e. The average Bonchev–Trinajstić information content (AvgIpc) is 2.28. The lowest BCUT2D eigenvalue weighted by Crippen LogP contribution is -2.01. The highest BCUT2D eigenvalue weighted by molar-refractivity contribution is 5.87. The molecule has 0 amide bonds. The predicted octanol–water partition coefficient (Wildman–Crippen LogP) is 3.32. The predicted molar refractivity (Wildman–Crippen MR) is 61.3 cm³/mol. The molecule has 4 heteroatoms. The Labute approximate surface area is 98.9 Å². The number of carbonyl (C=O) groups is 1. The summed E-state index contributed by atoms with van der Waals surface area (Å²) in [5.74, 6) is -1.88. The largest absolute Gasteiger partial charge is 0.463 e. The summed E-state index contributed by atoms with van der Waals surface area (Å²) in [4.78, 5) is 11.2. The Hall–Kier alpha value is -1.71. The molecule has 0 saturated carbocycles. The molecular formula is C13H14F2O2. The van der Waals surface area contributed by atoms with Gasteiger partial charge in [-0.25, -0.2) is 13.6 Å². The molecule has 0 unspecified atom stereocenters. The van der Waals surface area contributed by atoms with Gasteiger partial charge in [0.25, 0.3) is 0 Å². The Bertz CT molecular complexity index is 414. The van der Waals surface area contributed by atoms with E-state index in [2.05, 4.69) is 0 Å². The molecule has 0 fully saturated rings. The zero-order valence-corrected chi connectivity index (χ0v) is 9.58. The minimum atomic E-state index is -0.706. The van der Waals surface area contributed by atoms with E-state index in [1.165, 1.54) is 12.1 Å². The number of ether oxygens (including phenoxy) is 1. The van der Waals surface area contributed by atoms with Crippen molar-refractivity contribution < 1.29 is 18.3 Å². The van der Waals surface area contributed by atoms with Crippen LogP contribution in [-0.2, 0) is 9.53 Å². The third kappa shape index (κ3) is 4.76. The molecule has 0 aliphatic heterocycles. The van der Waals surface area contributed by atoms with Crippen LogP contribution < -0.4 is 0 Å². The van der Waals surface area contributed by atoms with Crippen molar-refractivity contribution in [3.63, 3.8) is 0 Å². The van der Waals surface area contributed by atoms with Crippen LogP contribution >= 0.6 is 0 Å². The lowest BCUT2D eigenvalue weighted by Gasteiger charge is -1.99. The van der Waals surface area contributed by atoms with E-state index in [4.69, 9.17) is 4.74 Å². The maximum atomic E-state index is 13.2. The third-order valence-electron chi connectivity index (χ3n) is 2.10. The maximum absolute atomic E-state index is 13.2. The summed E-state index contributed by atoms with van der Waals surface area (Å²) in [5.41, 5.74) is 0.152. The first-order valence-electron chi connectivity index (χ1n) is 5.43. The lowest BCUT2D eigenvalue weighted by atomic mass is 10.2. The fraction of sp³-hybridized carbons (Fsp3) is 0.308. The summed E-state index contributed by atoms with van der Waals surface area (Å²) < 4.78 is 30.6. The van der Waals surface area contributed by atoms with Crippen LogP contribution in [0, 0.1) is 11.6 Å².